The number of carbonyl (C=O) groups excluding carboxylic acids is 1. The zero-order valence-corrected chi connectivity index (χ0v) is 19.9. The summed E-state index contributed by atoms with van der Waals surface area (Å²) in [6.45, 7) is 1.65. The number of amides is 1. The zero-order chi connectivity index (χ0) is 23.3. The summed E-state index contributed by atoms with van der Waals surface area (Å²) in [6, 6.07) is 21.6. The Bertz CT molecular complexity index is 1180. The number of sulfonamides is 1. The van der Waals surface area contributed by atoms with Gasteiger partial charge in [0, 0.05) is 14.1 Å². The molecule has 0 fully saturated rings. The van der Waals surface area contributed by atoms with E-state index in [0.29, 0.717) is 10.6 Å². The van der Waals surface area contributed by atoms with Crippen molar-refractivity contribution in [3.8, 4) is 16.9 Å². The van der Waals surface area contributed by atoms with Crippen molar-refractivity contribution in [1.82, 2.24) is 9.62 Å². The van der Waals surface area contributed by atoms with Gasteiger partial charge in [-0.1, -0.05) is 60.2 Å². The van der Waals surface area contributed by atoms with E-state index >= 15 is 0 Å². The fourth-order valence-corrected chi connectivity index (χ4v) is 4.44. The molecular formula is C24H26N2O4S2. The molecule has 3 aromatic carbocycles. The van der Waals surface area contributed by atoms with E-state index in [2.05, 4.69) is 17.4 Å². The fraction of sp³-hybridized carbons (Fsp3) is 0.208. The van der Waals surface area contributed by atoms with Crippen LogP contribution >= 0.6 is 12.6 Å². The summed E-state index contributed by atoms with van der Waals surface area (Å²) in [5, 5.41) is 0. The first-order chi connectivity index (χ1) is 15.2. The van der Waals surface area contributed by atoms with E-state index in [0.717, 1.165) is 16.7 Å². The second-order valence-electron chi connectivity index (χ2n) is 7.52. The highest BCUT2D eigenvalue weighted by Crippen LogP contribution is 2.34. The third-order valence-corrected chi connectivity index (χ3v) is 6.76. The number of likely N-dealkylation sites (N-methyl/N-ethyl adjacent to an activating group) is 1. The van der Waals surface area contributed by atoms with Crippen LogP contribution in [-0.2, 0) is 14.8 Å². The number of thiol groups is 1. The molecule has 8 heteroatoms. The Labute approximate surface area is 194 Å². The maximum atomic E-state index is 12.8. The monoisotopic (exact) mass is 470 g/mol. The van der Waals surface area contributed by atoms with Crippen LogP contribution in [0.25, 0.3) is 11.1 Å². The van der Waals surface area contributed by atoms with Crippen LogP contribution < -0.4 is 9.46 Å². The van der Waals surface area contributed by atoms with Crippen molar-refractivity contribution >= 4 is 28.6 Å². The van der Waals surface area contributed by atoms with Crippen LogP contribution in [0.1, 0.15) is 5.56 Å². The van der Waals surface area contributed by atoms with E-state index in [9.17, 15) is 13.2 Å². The highest BCUT2D eigenvalue weighted by atomic mass is 32.2. The van der Waals surface area contributed by atoms with Crippen LogP contribution in [0.15, 0.2) is 82.6 Å². The zero-order valence-electron chi connectivity index (χ0n) is 18.1. The molecule has 3 rings (SSSR count). The van der Waals surface area contributed by atoms with E-state index in [-0.39, 0.29) is 17.3 Å². The number of benzene rings is 3. The standard InChI is InChI=1S/C24H26N2O4S2/c1-17-12-14-19(15-13-17)32(28,29)25-16-22(24(27)26(2)3)30-21-11-7-10-20(23(21)31)18-8-5-4-6-9-18/h4-15,22,25,31H,16H2,1-3H3/t22-/m1/s1. The first-order valence-electron chi connectivity index (χ1n) is 10.0. The van der Waals surface area contributed by atoms with Crippen molar-refractivity contribution in [2.24, 2.45) is 0 Å². The van der Waals surface area contributed by atoms with Gasteiger partial charge >= 0.3 is 0 Å². The summed E-state index contributed by atoms with van der Waals surface area (Å²) < 4.78 is 33.9. The van der Waals surface area contributed by atoms with Gasteiger partial charge in [-0.15, -0.1) is 12.6 Å². The lowest BCUT2D eigenvalue weighted by Crippen LogP contribution is -2.45. The average molecular weight is 471 g/mol. The van der Waals surface area contributed by atoms with Crippen molar-refractivity contribution in [3.05, 3.63) is 78.4 Å². The molecule has 0 saturated carbocycles. The molecule has 168 valence electrons. The van der Waals surface area contributed by atoms with Gasteiger partial charge in [-0.3, -0.25) is 4.79 Å². The molecular weight excluding hydrogens is 444 g/mol. The first kappa shape index (κ1) is 23.8. The Morgan fingerprint density at radius 1 is 1.00 bits per heavy atom. The molecule has 0 saturated heterocycles. The molecule has 0 heterocycles. The Hall–Kier alpha value is -2.81. The number of carbonyl (C=O) groups is 1. The Balaban J connectivity index is 1.84. The summed E-state index contributed by atoms with van der Waals surface area (Å²) in [5.74, 6) is 0.0267. The number of nitrogens with zero attached hydrogens (tertiary/aromatic N) is 1. The number of aryl methyl sites for hydroxylation is 1. The maximum absolute atomic E-state index is 12.8. The van der Waals surface area contributed by atoms with Crippen molar-refractivity contribution in [3.63, 3.8) is 0 Å². The Morgan fingerprint density at radius 2 is 1.66 bits per heavy atom. The molecule has 0 aliphatic rings. The van der Waals surface area contributed by atoms with Gasteiger partial charge in [-0.25, -0.2) is 13.1 Å². The Kier molecular flexibility index (Phi) is 7.60. The van der Waals surface area contributed by atoms with Gasteiger partial charge in [0.2, 0.25) is 10.0 Å². The second kappa shape index (κ2) is 10.2. The lowest BCUT2D eigenvalue weighted by Gasteiger charge is -2.23. The first-order valence-corrected chi connectivity index (χ1v) is 11.9. The normalized spacial score (nSPS) is 12.2. The smallest absolute Gasteiger partial charge is 0.264 e. The molecule has 1 N–H and O–H groups in total. The number of rotatable bonds is 8. The van der Waals surface area contributed by atoms with Gasteiger partial charge in [-0.05, 0) is 36.2 Å². The van der Waals surface area contributed by atoms with Crippen LogP contribution in [0, 0.1) is 6.92 Å². The van der Waals surface area contributed by atoms with Crippen molar-refractivity contribution in [1.29, 1.82) is 0 Å². The van der Waals surface area contributed by atoms with Crippen LogP contribution in [0.5, 0.6) is 5.75 Å². The summed E-state index contributed by atoms with van der Waals surface area (Å²) in [6.07, 6.45) is -1.07. The summed E-state index contributed by atoms with van der Waals surface area (Å²) in [5.41, 5.74) is 2.76. The van der Waals surface area contributed by atoms with Crippen molar-refractivity contribution in [2.45, 2.75) is 22.8 Å². The lowest BCUT2D eigenvalue weighted by molar-refractivity contribution is -0.135. The molecule has 0 spiro atoms. The molecule has 0 radical (unpaired) electrons. The lowest BCUT2D eigenvalue weighted by atomic mass is 10.1. The second-order valence-corrected chi connectivity index (χ2v) is 9.74. The predicted octanol–water partition coefficient (Wildman–Crippen LogP) is 3.76. The summed E-state index contributed by atoms with van der Waals surface area (Å²) in [4.78, 5) is 14.8. The van der Waals surface area contributed by atoms with E-state index < -0.39 is 16.1 Å². The van der Waals surface area contributed by atoms with Gasteiger partial charge in [-0.2, -0.15) is 0 Å². The number of hydrogen-bond acceptors (Lipinski definition) is 5. The minimum atomic E-state index is -3.80. The minimum Gasteiger partial charge on any atom is -0.478 e. The van der Waals surface area contributed by atoms with Crippen LogP contribution in [0.2, 0.25) is 0 Å². The van der Waals surface area contributed by atoms with Gasteiger partial charge in [0.1, 0.15) is 5.75 Å². The number of ether oxygens (including phenoxy) is 1. The van der Waals surface area contributed by atoms with Crippen LogP contribution in [0.4, 0.5) is 0 Å². The molecule has 1 amide bonds. The molecule has 0 bridgehead atoms. The SMILES string of the molecule is Cc1ccc(S(=O)(=O)NC[C@@H](Oc2cccc(-c3ccccc3)c2S)C(=O)N(C)C)cc1. The topological polar surface area (TPSA) is 75.7 Å². The third kappa shape index (κ3) is 5.70. The molecule has 1 atom stereocenters. The molecule has 0 aliphatic heterocycles. The van der Waals surface area contributed by atoms with Crippen LogP contribution in [-0.4, -0.2) is 46.0 Å². The number of nitrogens with one attached hydrogen (secondary N) is 1. The van der Waals surface area contributed by atoms with Gasteiger partial charge in [0.15, 0.2) is 6.10 Å². The van der Waals surface area contributed by atoms with Crippen molar-refractivity contribution < 1.29 is 17.9 Å². The van der Waals surface area contributed by atoms with E-state index in [1.165, 1.54) is 17.0 Å². The molecule has 0 aliphatic carbocycles. The summed E-state index contributed by atoms with van der Waals surface area (Å²) in [7, 11) is -0.620. The summed E-state index contributed by atoms with van der Waals surface area (Å²) >= 11 is 4.62. The quantitative estimate of drug-likeness (QED) is 0.492. The molecule has 0 aromatic heterocycles. The number of hydrogen-bond donors (Lipinski definition) is 2. The fourth-order valence-electron chi connectivity index (χ4n) is 3.07. The molecule has 3 aromatic rings. The highest BCUT2D eigenvalue weighted by Gasteiger charge is 2.26. The highest BCUT2D eigenvalue weighted by molar-refractivity contribution is 7.89. The van der Waals surface area contributed by atoms with Crippen LogP contribution in [0.3, 0.4) is 0 Å². The molecule has 6 nitrogen and oxygen atoms in total. The van der Waals surface area contributed by atoms with E-state index in [1.807, 2.05) is 49.4 Å². The predicted molar refractivity (Wildman–Crippen MR) is 129 cm³/mol. The van der Waals surface area contributed by atoms with Gasteiger partial charge in [0.25, 0.3) is 5.91 Å². The van der Waals surface area contributed by atoms with E-state index in [1.54, 1.807) is 32.3 Å². The largest absolute Gasteiger partial charge is 0.478 e. The molecule has 0 unspecified atom stereocenters. The molecule has 32 heavy (non-hydrogen) atoms. The van der Waals surface area contributed by atoms with Gasteiger partial charge in [0.05, 0.1) is 16.3 Å². The van der Waals surface area contributed by atoms with Gasteiger partial charge < -0.3 is 9.64 Å². The van der Waals surface area contributed by atoms with Crippen molar-refractivity contribution in [2.75, 3.05) is 20.6 Å². The third-order valence-electron chi connectivity index (χ3n) is 4.86. The minimum absolute atomic E-state index is 0.125. The van der Waals surface area contributed by atoms with E-state index in [4.69, 9.17) is 4.74 Å². The Morgan fingerprint density at radius 3 is 2.28 bits per heavy atom. The maximum Gasteiger partial charge on any atom is 0.264 e. The average Bonchev–Trinajstić information content (AvgIpc) is 2.78.